The van der Waals surface area contributed by atoms with Crippen LogP contribution in [-0.4, -0.2) is 53.2 Å². The maximum Gasteiger partial charge on any atom is 0.337 e. The quantitative estimate of drug-likeness (QED) is 0.656. The number of hydrogen-bond donors (Lipinski definition) is 3. The molecule has 0 bridgehead atoms. The molecule has 0 unspecified atom stereocenters. The number of piperazine rings is 1. The monoisotopic (exact) mass is 418 g/mol. The molecule has 0 aromatic heterocycles. The third-order valence-corrected chi connectivity index (χ3v) is 5.20. The number of primary amides is 1. The van der Waals surface area contributed by atoms with Gasteiger partial charge in [-0.05, 0) is 42.5 Å². The molecule has 0 saturated carbocycles. The Hall–Kier alpha value is -2.84. The molecule has 1 saturated heterocycles. The standard InChI is InChI=1S/C19H19ClN4O3S/c20-15-11-12(5-6-13(15)18(26)27)22-19(28)24-9-7-23(8-10-24)16-4-2-1-3-14(16)17(21)25/h1-6,11H,7-10H2,(H2,21,25)(H,22,28)(H,26,27). The average Bonchev–Trinajstić information content (AvgIpc) is 2.68. The lowest BCUT2D eigenvalue weighted by atomic mass is 10.1. The molecule has 1 amide bonds. The summed E-state index contributed by atoms with van der Waals surface area (Å²) in [5.74, 6) is -1.52. The number of hydrogen-bond acceptors (Lipinski definition) is 4. The smallest absolute Gasteiger partial charge is 0.337 e. The van der Waals surface area contributed by atoms with E-state index in [-0.39, 0.29) is 10.6 Å². The van der Waals surface area contributed by atoms with Gasteiger partial charge in [-0.2, -0.15) is 0 Å². The van der Waals surface area contributed by atoms with Crippen LogP contribution in [0, 0.1) is 0 Å². The lowest BCUT2D eigenvalue weighted by Gasteiger charge is -2.38. The van der Waals surface area contributed by atoms with E-state index < -0.39 is 11.9 Å². The van der Waals surface area contributed by atoms with Gasteiger partial charge in [-0.1, -0.05) is 23.7 Å². The van der Waals surface area contributed by atoms with Crippen LogP contribution < -0.4 is 16.0 Å². The fraction of sp³-hybridized carbons (Fsp3) is 0.211. The van der Waals surface area contributed by atoms with Gasteiger partial charge in [0.2, 0.25) is 0 Å². The van der Waals surface area contributed by atoms with Crippen molar-refractivity contribution in [1.29, 1.82) is 0 Å². The number of nitrogens with one attached hydrogen (secondary N) is 1. The molecule has 9 heteroatoms. The highest BCUT2D eigenvalue weighted by Gasteiger charge is 2.22. The molecular formula is C19H19ClN4O3S. The molecule has 0 atom stereocenters. The number of carbonyl (C=O) groups excluding carboxylic acids is 1. The number of rotatable bonds is 4. The van der Waals surface area contributed by atoms with Crippen LogP contribution in [0.4, 0.5) is 11.4 Å². The summed E-state index contributed by atoms with van der Waals surface area (Å²) in [7, 11) is 0. The first-order valence-corrected chi connectivity index (χ1v) is 9.38. The van der Waals surface area contributed by atoms with Crippen LogP contribution in [0.1, 0.15) is 20.7 Å². The van der Waals surface area contributed by atoms with Crippen LogP contribution in [-0.2, 0) is 0 Å². The van der Waals surface area contributed by atoms with E-state index in [1.165, 1.54) is 12.1 Å². The minimum absolute atomic E-state index is 0.0415. The zero-order valence-corrected chi connectivity index (χ0v) is 16.5. The molecule has 1 aliphatic rings. The average molecular weight is 419 g/mol. The Bertz CT molecular complexity index is 929. The maximum absolute atomic E-state index is 11.6. The number of aromatic carboxylic acids is 1. The molecule has 2 aromatic rings. The Morgan fingerprint density at radius 1 is 1.07 bits per heavy atom. The number of amides is 1. The van der Waals surface area contributed by atoms with E-state index in [9.17, 15) is 9.59 Å². The summed E-state index contributed by atoms with van der Waals surface area (Å²) in [6.45, 7) is 2.70. The van der Waals surface area contributed by atoms with Gasteiger partial charge in [0.1, 0.15) is 0 Å². The largest absolute Gasteiger partial charge is 0.478 e. The van der Waals surface area contributed by atoms with Crippen molar-refractivity contribution in [3.63, 3.8) is 0 Å². The van der Waals surface area contributed by atoms with Crippen molar-refractivity contribution in [2.24, 2.45) is 5.73 Å². The summed E-state index contributed by atoms with van der Waals surface area (Å²) < 4.78 is 0. The Morgan fingerprint density at radius 2 is 1.75 bits per heavy atom. The second-order valence-electron chi connectivity index (χ2n) is 6.29. The van der Waals surface area contributed by atoms with Gasteiger partial charge in [-0.3, -0.25) is 4.79 Å². The number of carboxylic acid groups (broad SMARTS) is 1. The highest BCUT2D eigenvalue weighted by atomic mass is 35.5. The Balaban J connectivity index is 1.62. The second-order valence-corrected chi connectivity index (χ2v) is 7.08. The number of benzene rings is 2. The van der Waals surface area contributed by atoms with E-state index in [1.54, 1.807) is 18.2 Å². The van der Waals surface area contributed by atoms with Crippen molar-refractivity contribution in [3.8, 4) is 0 Å². The van der Waals surface area contributed by atoms with E-state index >= 15 is 0 Å². The molecule has 1 fully saturated rings. The highest BCUT2D eigenvalue weighted by molar-refractivity contribution is 7.80. The SMILES string of the molecule is NC(=O)c1ccccc1N1CCN(C(=S)Nc2ccc(C(=O)O)c(Cl)c2)CC1. The fourth-order valence-electron chi connectivity index (χ4n) is 3.08. The second kappa shape index (κ2) is 8.45. The van der Waals surface area contributed by atoms with Gasteiger partial charge < -0.3 is 26.0 Å². The molecule has 1 aliphatic heterocycles. The van der Waals surface area contributed by atoms with Crippen LogP contribution in [0.3, 0.4) is 0 Å². The Morgan fingerprint density at radius 3 is 2.36 bits per heavy atom. The first-order valence-electron chi connectivity index (χ1n) is 8.59. The molecule has 7 nitrogen and oxygen atoms in total. The summed E-state index contributed by atoms with van der Waals surface area (Å²) in [5, 5.41) is 12.8. The van der Waals surface area contributed by atoms with Crippen molar-refractivity contribution >= 4 is 52.2 Å². The van der Waals surface area contributed by atoms with Crippen LogP contribution in [0.5, 0.6) is 0 Å². The van der Waals surface area contributed by atoms with Crippen LogP contribution in [0.2, 0.25) is 5.02 Å². The summed E-state index contributed by atoms with van der Waals surface area (Å²) >= 11 is 11.5. The lowest BCUT2D eigenvalue weighted by Crippen LogP contribution is -2.50. The normalized spacial score (nSPS) is 13.9. The Kier molecular flexibility index (Phi) is 6.01. The molecule has 2 aromatic carbocycles. The first-order chi connectivity index (χ1) is 13.4. The van der Waals surface area contributed by atoms with Gasteiger partial charge in [-0.25, -0.2) is 4.79 Å². The van der Waals surface area contributed by atoms with Gasteiger partial charge >= 0.3 is 5.97 Å². The predicted molar refractivity (Wildman–Crippen MR) is 113 cm³/mol. The molecule has 28 heavy (non-hydrogen) atoms. The predicted octanol–water partition coefficient (Wildman–Crippen LogP) is 2.66. The van der Waals surface area contributed by atoms with Gasteiger partial charge in [0, 0.05) is 37.6 Å². The van der Waals surface area contributed by atoms with E-state index in [1.807, 2.05) is 17.0 Å². The number of halogens is 1. The molecule has 1 heterocycles. The summed E-state index contributed by atoms with van der Waals surface area (Å²) in [4.78, 5) is 26.8. The number of thiocarbonyl (C=S) groups is 1. The molecule has 3 rings (SSSR count). The van der Waals surface area contributed by atoms with Gasteiger partial charge in [0.05, 0.1) is 16.1 Å². The molecule has 146 valence electrons. The summed E-state index contributed by atoms with van der Waals surface area (Å²) in [6.07, 6.45) is 0. The van der Waals surface area contributed by atoms with Gasteiger partial charge in [-0.15, -0.1) is 0 Å². The van der Waals surface area contributed by atoms with E-state index in [4.69, 9.17) is 34.7 Å². The zero-order chi connectivity index (χ0) is 20.3. The topological polar surface area (TPSA) is 98.9 Å². The first kappa shape index (κ1) is 19.9. The van der Waals surface area contributed by atoms with E-state index in [0.717, 1.165) is 5.69 Å². The van der Waals surface area contributed by atoms with Crippen molar-refractivity contribution in [3.05, 3.63) is 58.6 Å². The van der Waals surface area contributed by atoms with E-state index in [0.29, 0.717) is 42.5 Å². The van der Waals surface area contributed by atoms with Crippen molar-refractivity contribution in [2.75, 3.05) is 36.4 Å². The number of carboxylic acids is 1. The molecular weight excluding hydrogens is 400 g/mol. The van der Waals surface area contributed by atoms with Crippen molar-refractivity contribution in [2.45, 2.75) is 0 Å². The van der Waals surface area contributed by atoms with Crippen molar-refractivity contribution in [1.82, 2.24) is 4.90 Å². The number of para-hydroxylation sites is 1. The third-order valence-electron chi connectivity index (χ3n) is 4.53. The molecule has 4 N–H and O–H groups in total. The zero-order valence-electron chi connectivity index (χ0n) is 14.9. The number of anilines is 2. The van der Waals surface area contributed by atoms with Crippen LogP contribution >= 0.6 is 23.8 Å². The summed E-state index contributed by atoms with van der Waals surface area (Å²) in [6, 6.07) is 11.9. The fourth-order valence-corrected chi connectivity index (χ4v) is 3.64. The third kappa shape index (κ3) is 4.35. The minimum Gasteiger partial charge on any atom is -0.478 e. The van der Waals surface area contributed by atoms with Crippen LogP contribution in [0.25, 0.3) is 0 Å². The highest BCUT2D eigenvalue weighted by Crippen LogP contribution is 2.23. The van der Waals surface area contributed by atoms with Gasteiger partial charge in [0.15, 0.2) is 5.11 Å². The Labute approximate surface area is 172 Å². The molecule has 0 spiro atoms. The van der Waals surface area contributed by atoms with Crippen molar-refractivity contribution < 1.29 is 14.7 Å². The van der Waals surface area contributed by atoms with Crippen LogP contribution in [0.15, 0.2) is 42.5 Å². The lowest BCUT2D eigenvalue weighted by molar-refractivity contribution is 0.0697. The number of nitrogens with zero attached hydrogens (tertiary/aromatic N) is 2. The maximum atomic E-state index is 11.6. The van der Waals surface area contributed by atoms with E-state index in [2.05, 4.69) is 10.2 Å². The molecule has 0 aliphatic carbocycles. The number of nitrogens with two attached hydrogens (primary N) is 1. The summed E-state index contributed by atoms with van der Waals surface area (Å²) in [5.41, 5.74) is 7.47. The number of carbonyl (C=O) groups is 2. The van der Waals surface area contributed by atoms with Gasteiger partial charge in [0.25, 0.3) is 5.91 Å². The molecule has 0 radical (unpaired) electrons. The minimum atomic E-state index is -1.08.